The predicted molar refractivity (Wildman–Crippen MR) is 99.1 cm³/mol. The predicted octanol–water partition coefficient (Wildman–Crippen LogP) is 1.94. The number of amides is 1. The number of carbonyl (C=O) groups excluding carboxylic acids is 1. The highest BCUT2D eigenvalue weighted by Crippen LogP contribution is 2.16. The third-order valence-electron chi connectivity index (χ3n) is 4.11. The van der Waals surface area contributed by atoms with Crippen LogP contribution in [0.3, 0.4) is 0 Å². The van der Waals surface area contributed by atoms with E-state index in [0.29, 0.717) is 5.82 Å². The number of carbonyl (C=O) groups is 1. The highest BCUT2D eigenvalue weighted by Gasteiger charge is 2.19. The molecule has 27 heavy (non-hydrogen) atoms. The summed E-state index contributed by atoms with van der Waals surface area (Å²) >= 11 is 0. The van der Waals surface area contributed by atoms with Gasteiger partial charge in [-0.1, -0.05) is 19.1 Å². The molecule has 0 atom stereocenters. The van der Waals surface area contributed by atoms with Crippen molar-refractivity contribution in [3.05, 3.63) is 59.7 Å². The van der Waals surface area contributed by atoms with Gasteiger partial charge in [0.1, 0.15) is 11.6 Å². The Morgan fingerprint density at radius 2 is 1.96 bits per heavy atom. The maximum absolute atomic E-state index is 14.1. The number of nitrogens with zero attached hydrogens (tertiary/aromatic N) is 2. The van der Waals surface area contributed by atoms with Gasteiger partial charge in [-0.25, -0.2) is 22.5 Å². The van der Waals surface area contributed by atoms with Crippen LogP contribution in [0.1, 0.15) is 23.1 Å². The van der Waals surface area contributed by atoms with E-state index in [1.54, 1.807) is 6.92 Å². The number of benzene rings is 2. The number of rotatable bonds is 6. The Hall–Kier alpha value is -2.78. The molecule has 3 aromatic rings. The zero-order valence-electron chi connectivity index (χ0n) is 14.9. The van der Waals surface area contributed by atoms with Crippen molar-refractivity contribution in [2.75, 3.05) is 6.54 Å². The Bertz CT molecular complexity index is 1110. The van der Waals surface area contributed by atoms with E-state index < -0.39 is 21.7 Å². The molecule has 0 fully saturated rings. The van der Waals surface area contributed by atoms with Gasteiger partial charge >= 0.3 is 0 Å². The number of halogens is 1. The van der Waals surface area contributed by atoms with Crippen LogP contribution in [0.15, 0.2) is 47.4 Å². The third-order valence-corrected chi connectivity index (χ3v) is 5.66. The average molecular weight is 390 g/mol. The van der Waals surface area contributed by atoms with Gasteiger partial charge in [0, 0.05) is 13.6 Å². The first kappa shape index (κ1) is 19.0. The molecule has 142 valence electrons. The van der Waals surface area contributed by atoms with Crippen LogP contribution in [0, 0.1) is 5.82 Å². The van der Waals surface area contributed by atoms with Crippen molar-refractivity contribution in [3.63, 3.8) is 0 Å². The fourth-order valence-electron chi connectivity index (χ4n) is 2.73. The molecule has 2 N–H and O–H groups in total. The van der Waals surface area contributed by atoms with Crippen LogP contribution in [0.2, 0.25) is 0 Å². The number of aryl methyl sites for hydroxylation is 1. The number of hydrogen-bond acceptors (Lipinski definition) is 4. The van der Waals surface area contributed by atoms with E-state index in [-0.39, 0.29) is 23.5 Å². The zero-order valence-corrected chi connectivity index (χ0v) is 15.7. The summed E-state index contributed by atoms with van der Waals surface area (Å²) in [5.41, 5.74) is 1.36. The molecule has 0 aliphatic carbocycles. The number of fused-ring (bicyclic) bond motifs is 1. The molecule has 0 aliphatic rings. The molecule has 3 rings (SSSR count). The number of sulfonamides is 1. The summed E-state index contributed by atoms with van der Waals surface area (Å²) < 4.78 is 42.3. The van der Waals surface area contributed by atoms with E-state index >= 15 is 0 Å². The quantitative estimate of drug-likeness (QED) is 0.673. The number of para-hydroxylation sites is 2. The van der Waals surface area contributed by atoms with Crippen LogP contribution < -0.4 is 10.0 Å². The van der Waals surface area contributed by atoms with Gasteiger partial charge in [0.2, 0.25) is 10.0 Å². The van der Waals surface area contributed by atoms with Gasteiger partial charge in [-0.15, -0.1) is 0 Å². The molecule has 7 nitrogen and oxygen atoms in total. The van der Waals surface area contributed by atoms with Crippen molar-refractivity contribution in [2.45, 2.75) is 18.4 Å². The summed E-state index contributed by atoms with van der Waals surface area (Å²) in [5, 5.41) is 2.59. The molecule has 0 radical (unpaired) electrons. The molecule has 0 saturated heterocycles. The molecule has 0 aliphatic heterocycles. The smallest absolute Gasteiger partial charge is 0.254 e. The van der Waals surface area contributed by atoms with Crippen LogP contribution in [-0.4, -0.2) is 30.4 Å². The largest absolute Gasteiger partial charge is 0.345 e. The number of aromatic nitrogens is 2. The minimum absolute atomic E-state index is 0.0770. The second-order valence-corrected chi connectivity index (χ2v) is 7.67. The lowest BCUT2D eigenvalue weighted by molar-refractivity contribution is 0.0945. The molecule has 2 aromatic carbocycles. The Morgan fingerprint density at radius 1 is 1.22 bits per heavy atom. The summed E-state index contributed by atoms with van der Waals surface area (Å²) in [5.74, 6) is -0.914. The van der Waals surface area contributed by atoms with E-state index in [1.165, 1.54) is 0 Å². The summed E-state index contributed by atoms with van der Waals surface area (Å²) in [7, 11) is -1.97. The lowest BCUT2D eigenvalue weighted by Crippen LogP contribution is -2.27. The molecular weight excluding hydrogens is 371 g/mol. The van der Waals surface area contributed by atoms with Crippen molar-refractivity contribution in [2.24, 2.45) is 7.05 Å². The Morgan fingerprint density at radius 3 is 2.67 bits per heavy atom. The van der Waals surface area contributed by atoms with Crippen molar-refractivity contribution in [1.29, 1.82) is 0 Å². The summed E-state index contributed by atoms with van der Waals surface area (Å²) in [4.78, 5) is 16.7. The number of imidazole rings is 1. The van der Waals surface area contributed by atoms with Crippen molar-refractivity contribution < 1.29 is 17.6 Å². The highest BCUT2D eigenvalue weighted by atomic mass is 32.2. The molecule has 0 saturated carbocycles. The van der Waals surface area contributed by atoms with Crippen LogP contribution >= 0.6 is 0 Å². The van der Waals surface area contributed by atoms with E-state index in [0.717, 1.165) is 29.2 Å². The lowest BCUT2D eigenvalue weighted by atomic mass is 10.2. The fraction of sp³-hybridized carbons (Fsp3) is 0.222. The first-order chi connectivity index (χ1) is 12.8. The van der Waals surface area contributed by atoms with Gasteiger partial charge in [-0.3, -0.25) is 4.79 Å². The van der Waals surface area contributed by atoms with E-state index in [2.05, 4.69) is 15.0 Å². The van der Waals surface area contributed by atoms with Crippen LogP contribution in [-0.2, 0) is 23.6 Å². The SMILES string of the molecule is CCNS(=O)(=O)c1ccc(F)c(C(=O)NCc2nc3ccccc3n2C)c1. The van der Waals surface area contributed by atoms with Crippen LogP contribution in [0.25, 0.3) is 11.0 Å². The Labute approximate surface area is 156 Å². The zero-order chi connectivity index (χ0) is 19.6. The Kier molecular flexibility index (Phi) is 5.24. The molecule has 1 aromatic heterocycles. The maximum atomic E-state index is 14.1. The number of hydrogen-bond donors (Lipinski definition) is 2. The first-order valence-electron chi connectivity index (χ1n) is 8.31. The molecule has 0 spiro atoms. The maximum Gasteiger partial charge on any atom is 0.254 e. The minimum Gasteiger partial charge on any atom is -0.345 e. The minimum atomic E-state index is -3.79. The first-order valence-corrected chi connectivity index (χ1v) is 9.79. The molecule has 1 amide bonds. The molecular formula is C18H19FN4O3S. The van der Waals surface area contributed by atoms with E-state index in [4.69, 9.17) is 0 Å². The summed E-state index contributed by atoms with van der Waals surface area (Å²) in [6.45, 7) is 1.90. The fourth-order valence-corrected chi connectivity index (χ4v) is 3.79. The second-order valence-electron chi connectivity index (χ2n) is 5.90. The summed E-state index contributed by atoms with van der Waals surface area (Å²) in [6.07, 6.45) is 0. The van der Waals surface area contributed by atoms with Gasteiger partial charge < -0.3 is 9.88 Å². The molecule has 1 heterocycles. The van der Waals surface area contributed by atoms with E-state index in [1.807, 2.05) is 35.9 Å². The van der Waals surface area contributed by atoms with Gasteiger partial charge in [0.05, 0.1) is 28.0 Å². The van der Waals surface area contributed by atoms with Crippen molar-refractivity contribution >= 4 is 27.0 Å². The van der Waals surface area contributed by atoms with Gasteiger partial charge in [-0.05, 0) is 30.3 Å². The standard InChI is InChI=1S/C18H19FN4O3S/c1-3-21-27(25,26)12-8-9-14(19)13(10-12)18(24)20-11-17-22-15-6-4-5-7-16(15)23(17)2/h4-10,21H,3,11H2,1-2H3,(H,20,24). The lowest BCUT2D eigenvalue weighted by Gasteiger charge is -2.09. The van der Waals surface area contributed by atoms with Crippen LogP contribution in [0.5, 0.6) is 0 Å². The molecule has 9 heteroatoms. The average Bonchev–Trinajstić information content (AvgIpc) is 2.96. The van der Waals surface area contributed by atoms with Gasteiger partial charge in [-0.2, -0.15) is 0 Å². The number of nitrogens with one attached hydrogen (secondary N) is 2. The van der Waals surface area contributed by atoms with Gasteiger partial charge in [0.15, 0.2) is 0 Å². The topological polar surface area (TPSA) is 93.1 Å². The van der Waals surface area contributed by atoms with Crippen molar-refractivity contribution in [3.8, 4) is 0 Å². The molecule has 0 unspecified atom stereocenters. The normalized spacial score (nSPS) is 11.7. The Balaban J connectivity index is 1.82. The van der Waals surface area contributed by atoms with Crippen molar-refractivity contribution in [1.82, 2.24) is 19.6 Å². The van der Waals surface area contributed by atoms with E-state index in [9.17, 15) is 17.6 Å². The monoisotopic (exact) mass is 390 g/mol. The second kappa shape index (κ2) is 7.45. The van der Waals surface area contributed by atoms with Crippen LogP contribution in [0.4, 0.5) is 4.39 Å². The van der Waals surface area contributed by atoms with Gasteiger partial charge in [0.25, 0.3) is 5.91 Å². The third kappa shape index (κ3) is 3.83. The highest BCUT2D eigenvalue weighted by molar-refractivity contribution is 7.89. The molecule has 0 bridgehead atoms. The summed E-state index contributed by atoms with van der Waals surface area (Å²) in [6, 6.07) is 10.6.